The fourth-order valence-electron chi connectivity index (χ4n) is 3.87. The van der Waals surface area contributed by atoms with Gasteiger partial charge in [-0.1, -0.05) is 26.0 Å². The molecule has 0 fully saturated rings. The summed E-state index contributed by atoms with van der Waals surface area (Å²) in [4.78, 5) is 17.1. The van der Waals surface area contributed by atoms with Crippen LogP contribution in [0.1, 0.15) is 36.5 Å². The molecular formula is C22H23FN4O4S. The fourth-order valence-corrected chi connectivity index (χ4v) is 4.86. The third-order valence-corrected chi connectivity index (χ3v) is 6.58. The molecule has 4 bridgehead atoms. The van der Waals surface area contributed by atoms with E-state index in [1.807, 2.05) is 43.7 Å². The maximum Gasteiger partial charge on any atom is 0.286 e. The zero-order chi connectivity index (χ0) is 23.0. The Balaban J connectivity index is 1.89. The Kier molecular flexibility index (Phi) is 5.72. The number of aryl methyl sites for hydroxylation is 1. The molecule has 0 saturated carbocycles. The topological polar surface area (TPSA) is 103 Å². The summed E-state index contributed by atoms with van der Waals surface area (Å²) < 4.78 is 48.4. The fraction of sp³-hybridized carbons (Fsp3) is 0.318. The van der Waals surface area contributed by atoms with Gasteiger partial charge in [-0.05, 0) is 46.7 Å². The van der Waals surface area contributed by atoms with Crippen molar-refractivity contribution in [3.05, 3.63) is 59.2 Å². The Hall–Kier alpha value is -3.27. The van der Waals surface area contributed by atoms with Gasteiger partial charge in [0.25, 0.3) is 10.0 Å². The zero-order valence-electron chi connectivity index (χ0n) is 17.9. The normalized spacial score (nSPS) is 15.8. The summed E-state index contributed by atoms with van der Waals surface area (Å²) in [5.74, 6) is -1.37. The van der Waals surface area contributed by atoms with Gasteiger partial charge in [0, 0.05) is 12.3 Å². The van der Waals surface area contributed by atoms with Crippen molar-refractivity contribution in [1.29, 1.82) is 0 Å². The van der Waals surface area contributed by atoms with Crippen LogP contribution in [0.4, 0.5) is 4.39 Å². The van der Waals surface area contributed by atoms with E-state index in [1.165, 1.54) is 0 Å². The molecule has 8 nitrogen and oxygen atoms in total. The number of rotatable bonds is 1. The first kappa shape index (κ1) is 21.9. The highest BCUT2D eigenvalue weighted by Crippen LogP contribution is 2.34. The first-order chi connectivity index (χ1) is 15.2. The molecule has 0 unspecified atom stereocenters. The van der Waals surface area contributed by atoms with Gasteiger partial charge in [0.1, 0.15) is 6.61 Å². The molecule has 3 aromatic rings. The van der Waals surface area contributed by atoms with Crippen LogP contribution in [0.25, 0.3) is 11.1 Å². The van der Waals surface area contributed by atoms with E-state index in [2.05, 4.69) is 10.1 Å². The van der Waals surface area contributed by atoms with Crippen LogP contribution in [0.3, 0.4) is 0 Å². The van der Waals surface area contributed by atoms with Gasteiger partial charge in [-0.2, -0.15) is 13.5 Å². The van der Waals surface area contributed by atoms with Crippen molar-refractivity contribution >= 4 is 15.9 Å². The van der Waals surface area contributed by atoms with E-state index in [4.69, 9.17) is 4.74 Å². The molecule has 10 heteroatoms. The number of nitrogens with one attached hydrogen (secondary N) is 1. The Bertz CT molecular complexity index is 1300. The third-order valence-electron chi connectivity index (χ3n) is 5.30. The molecule has 1 N–H and O–H groups in total. The summed E-state index contributed by atoms with van der Waals surface area (Å²) in [6, 6.07) is 7.51. The second-order valence-electron chi connectivity index (χ2n) is 7.96. The standard InChI is InChI=1S/C22H23FN4O4S/c1-13(2)16-5-4-14(3)21-15-6-7-24-20(10-15)31-9-8-27-12-18(23)22(25-27)32(29,30)26-19(28)11-17(16)21/h4-7,10,12-13H,8-9,11H2,1-3H3,(H,26,28). The van der Waals surface area contributed by atoms with Crippen molar-refractivity contribution < 1.29 is 22.3 Å². The van der Waals surface area contributed by atoms with Gasteiger partial charge in [0.05, 0.1) is 19.2 Å². The molecule has 0 spiro atoms. The highest BCUT2D eigenvalue weighted by Gasteiger charge is 2.27. The number of halogens is 1. The molecule has 1 aliphatic rings. The van der Waals surface area contributed by atoms with Gasteiger partial charge < -0.3 is 4.74 Å². The van der Waals surface area contributed by atoms with E-state index in [9.17, 15) is 17.6 Å². The summed E-state index contributed by atoms with van der Waals surface area (Å²) in [6.45, 7) is 6.12. The van der Waals surface area contributed by atoms with Gasteiger partial charge in [0.15, 0.2) is 5.82 Å². The largest absolute Gasteiger partial charge is 0.476 e. The highest BCUT2D eigenvalue weighted by molar-refractivity contribution is 7.90. The molecule has 0 aliphatic carbocycles. The average molecular weight is 459 g/mol. The Morgan fingerprint density at radius 1 is 1.25 bits per heavy atom. The molecule has 2 aromatic heterocycles. The zero-order valence-corrected chi connectivity index (χ0v) is 18.7. The summed E-state index contributed by atoms with van der Waals surface area (Å²) in [5, 5.41) is 2.96. The lowest BCUT2D eigenvalue weighted by molar-refractivity contribution is -0.118. The lowest BCUT2D eigenvalue weighted by Gasteiger charge is -2.20. The number of ether oxygens (including phenoxy) is 1. The Morgan fingerprint density at radius 3 is 2.78 bits per heavy atom. The minimum absolute atomic E-state index is 0.0848. The van der Waals surface area contributed by atoms with Crippen molar-refractivity contribution in [2.75, 3.05) is 6.61 Å². The average Bonchev–Trinajstić information content (AvgIpc) is 3.08. The number of amides is 1. The summed E-state index contributed by atoms with van der Waals surface area (Å²) in [7, 11) is -4.48. The Morgan fingerprint density at radius 2 is 2.03 bits per heavy atom. The number of carbonyl (C=O) groups excluding carboxylic acids is 1. The maximum atomic E-state index is 14.3. The lowest BCUT2D eigenvalue weighted by atomic mass is 9.86. The number of hydrogen-bond acceptors (Lipinski definition) is 6. The molecule has 1 amide bonds. The van der Waals surface area contributed by atoms with Crippen LogP contribution in [-0.2, 0) is 27.8 Å². The molecule has 32 heavy (non-hydrogen) atoms. The van der Waals surface area contributed by atoms with Crippen molar-refractivity contribution in [3.8, 4) is 17.0 Å². The minimum Gasteiger partial charge on any atom is -0.476 e. The number of sulfonamides is 1. The molecule has 0 radical (unpaired) electrons. The number of pyridine rings is 1. The number of aromatic nitrogens is 3. The number of carbonyl (C=O) groups is 1. The number of nitrogens with zero attached hydrogens (tertiary/aromatic N) is 3. The molecule has 1 aromatic carbocycles. The van der Waals surface area contributed by atoms with Crippen LogP contribution in [-0.4, -0.2) is 35.7 Å². The van der Waals surface area contributed by atoms with Crippen LogP contribution >= 0.6 is 0 Å². The van der Waals surface area contributed by atoms with Gasteiger partial charge in [-0.15, -0.1) is 0 Å². The number of benzene rings is 1. The molecule has 0 atom stereocenters. The van der Waals surface area contributed by atoms with Crippen molar-refractivity contribution in [2.24, 2.45) is 0 Å². The molecule has 168 valence electrons. The predicted octanol–water partition coefficient (Wildman–Crippen LogP) is 2.96. The molecule has 1 aliphatic heterocycles. The SMILES string of the molecule is Cc1ccc(C(C)C)c2c1-c1ccnc(c1)OCCn1cc(F)c(n1)S(=O)(=O)NC(=O)C2. The quantitative estimate of drug-likeness (QED) is 0.601. The maximum absolute atomic E-state index is 14.3. The highest BCUT2D eigenvalue weighted by atomic mass is 32.2. The lowest BCUT2D eigenvalue weighted by Crippen LogP contribution is -2.33. The molecular weight excluding hydrogens is 435 g/mol. The van der Waals surface area contributed by atoms with E-state index in [0.29, 0.717) is 11.4 Å². The van der Waals surface area contributed by atoms with Crippen LogP contribution in [0.5, 0.6) is 5.88 Å². The smallest absolute Gasteiger partial charge is 0.286 e. The van der Waals surface area contributed by atoms with Crippen LogP contribution in [0.15, 0.2) is 41.7 Å². The van der Waals surface area contributed by atoms with Crippen LogP contribution < -0.4 is 9.46 Å². The first-order valence-electron chi connectivity index (χ1n) is 10.2. The number of hydrogen-bond donors (Lipinski definition) is 1. The van der Waals surface area contributed by atoms with E-state index in [0.717, 1.165) is 33.1 Å². The van der Waals surface area contributed by atoms with E-state index in [1.54, 1.807) is 12.3 Å². The van der Waals surface area contributed by atoms with E-state index < -0.39 is 26.8 Å². The first-order valence-corrected chi connectivity index (χ1v) is 11.6. The van der Waals surface area contributed by atoms with Crippen molar-refractivity contribution in [3.63, 3.8) is 0 Å². The van der Waals surface area contributed by atoms with E-state index in [-0.39, 0.29) is 25.5 Å². The van der Waals surface area contributed by atoms with Crippen LogP contribution in [0, 0.1) is 12.7 Å². The summed E-state index contributed by atoms with van der Waals surface area (Å²) in [6.07, 6.45) is 2.36. The minimum atomic E-state index is -4.48. The van der Waals surface area contributed by atoms with Gasteiger partial charge in [-0.3, -0.25) is 9.48 Å². The van der Waals surface area contributed by atoms with Gasteiger partial charge >= 0.3 is 0 Å². The predicted molar refractivity (Wildman–Crippen MR) is 115 cm³/mol. The second-order valence-corrected chi connectivity index (χ2v) is 9.56. The third kappa shape index (κ3) is 4.22. The monoisotopic (exact) mass is 458 g/mol. The van der Waals surface area contributed by atoms with Gasteiger partial charge in [0.2, 0.25) is 16.8 Å². The molecule has 0 saturated heterocycles. The second kappa shape index (κ2) is 8.34. The van der Waals surface area contributed by atoms with Crippen LogP contribution in [0.2, 0.25) is 0 Å². The Labute approximate surface area is 185 Å². The van der Waals surface area contributed by atoms with Gasteiger partial charge in [-0.25, -0.2) is 14.1 Å². The van der Waals surface area contributed by atoms with Crippen molar-refractivity contribution in [2.45, 2.75) is 44.7 Å². The molecule has 4 rings (SSSR count). The number of fused-ring (bicyclic) bond motifs is 6. The summed E-state index contributed by atoms with van der Waals surface area (Å²) in [5.41, 5.74) is 4.16. The molecule has 3 heterocycles. The van der Waals surface area contributed by atoms with Crippen molar-refractivity contribution in [1.82, 2.24) is 19.5 Å². The van der Waals surface area contributed by atoms with E-state index >= 15 is 0 Å². The summed E-state index contributed by atoms with van der Waals surface area (Å²) >= 11 is 0.